The molecule has 2 aliphatic carbocycles. The Hall–Kier alpha value is -0.400. The molecular weight excluding hydrogens is 420 g/mol. The molecule has 0 amide bonds. The van der Waals surface area contributed by atoms with Crippen LogP contribution in [0.4, 0.5) is 0 Å². The van der Waals surface area contributed by atoms with E-state index in [1.165, 1.54) is 0 Å². The first kappa shape index (κ1) is 25.9. The number of ketones is 2. The van der Waals surface area contributed by atoms with E-state index < -0.39 is 30.6 Å². The summed E-state index contributed by atoms with van der Waals surface area (Å²) in [7, 11) is -6.19. The number of carbonyl (C=O) groups excluding carboxylic acids is 2. The lowest BCUT2D eigenvalue weighted by molar-refractivity contribution is -0.128. The fraction of sp³-hybridized carbons (Fsp3) is 0.913. The minimum absolute atomic E-state index is 0.0652. The van der Waals surface area contributed by atoms with Gasteiger partial charge in [0.1, 0.15) is 11.6 Å². The summed E-state index contributed by atoms with van der Waals surface area (Å²) in [6.07, 6.45) is 8.34. The summed E-state index contributed by atoms with van der Waals surface area (Å²) in [5.41, 5.74) is -1.18. The van der Waals surface area contributed by atoms with Crippen molar-refractivity contribution >= 4 is 32.0 Å². The molecule has 5 nitrogen and oxygen atoms in total. The molecule has 2 rings (SSSR count). The summed E-state index contributed by atoms with van der Waals surface area (Å²) < 4.78 is 32.0. The number of Topliss-reactive ketones (excluding diaryl/α,β-unsaturated/α-hetero) is 2. The molecule has 3 atom stereocenters. The Morgan fingerprint density at radius 2 is 1.80 bits per heavy atom. The highest BCUT2D eigenvalue weighted by Crippen LogP contribution is 2.65. The molecule has 0 aliphatic heterocycles. The van der Waals surface area contributed by atoms with Crippen molar-refractivity contribution in [3.05, 3.63) is 0 Å². The highest BCUT2D eigenvalue weighted by Gasteiger charge is 2.65. The van der Waals surface area contributed by atoms with Gasteiger partial charge < -0.3 is 0 Å². The van der Waals surface area contributed by atoms with Crippen LogP contribution in [0.15, 0.2) is 0 Å². The van der Waals surface area contributed by atoms with Crippen molar-refractivity contribution in [2.24, 2.45) is 16.7 Å². The Bertz CT molecular complexity index is 765. The molecule has 2 saturated carbocycles. The average Bonchev–Trinajstić information content (AvgIpc) is 2.90. The lowest BCUT2D eigenvalue weighted by atomic mass is 9.70. The molecule has 2 aliphatic rings. The van der Waals surface area contributed by atoms with E-state index in [1.54, 1.807) is 0 Å². The van der Waals surface area contributed by atoms with Gasteiger partial charge in [0, 0.05) is 17.6 Å². The summed E-state index contributed by atoms with van der Waals surface area (Å²) in [5.74, 6) is 0.285. The first-order chi connectivity index (χ1) is 13.6. The fourth-order valence-electron chi connectivity index (χ4n) is 5.13. The van der Waals surface area contributed by atoms with Gasteiger partial charge in [-0.1, -0.05) is 60.8 Å². The highest BCUT2D eigenvalue weighted by atomic mass is 32.3. The van der Waals surface area contributed by atoms with Crippen LogP contribution < -0.4 is 0 Å². The Morgan fingerprint density at radius 1 is 1.17 bits per heavy atom. The van der Waals surface area contributed by atoms with Crippen molar-refractivity contribution in [2.45, 2.75) is 97.7 Å². The SMILES string of the molecule is CCCCCCC(=O)CS(C)(OS(=O)(=O)CC12CCC(CC1=O)C2(C)C)C(C)(C)C. The topological polar surface area (TPSA) is 77.5 Å². The summed E-state index contributed by atoms with van der Waals surface area (Å²) in [6.45, 7) is 12.0. The van der Waals surface area contributed by atoms with Crippen LogP contribution in [0.5, 0.6) is 0 Å². The first-order valence-electron chi connectivity index (χ1n) is 11.3. The van der Waals surface area contributed by atoms with Crippen molar-refractivity contribution in [3.8, 4) is 0 Å². The minimum atomic E-state index is -3.96. The molecule has 0 N–H and O–H groups in total. The molecule has 30 heavy (non-hydrogen) atoms. The quantitative estimate of drug-likeness (QED) is 0.383. The smallest absolute Gasteiger partial charge is 0.277 e. The van der Waals surface area contributed by atoms with Gasteiger partial charge in [0.2, 0.25) is 0 Å². The van der Waals surface area contributed by atoms with Crippen molar-refractivity contribution in [1.29, 1.82) is 0 Å². The van der Waals surface area contributed by atoms with Crippen LogP contribution in [-0.4, -0.2) is 42.5 Å². The molecule has 3 unspecified atom stereocenters. The predicted molar refractivity (Wildman–Crippen MR) is 125 cm³/mol. The summed E-state index contributed by atoms with van der Waals surface area (Å²) in [6, 6.07) is 0. The molecule has 0 aromatic rings. The Morgan fingerprint density at radius 3 is 2.27 bits per heavy atom. The molecule has 0 aromatic heterocycles. The van der Waals surface area contributed by atoms with E-state index in [1.807, 2.05) is 40.9 Å². The van der Waals surface area contributed by atoms with E-state index >= 15 is 0 Å². The van der Waals surface area contributed by atoms with E-state index in [2.05, 4.69) is 6.92 Å². The van der Waals surface area contributed by atoms with Crippen LogP contribution in [0.1, 0.15) is 92.9 Å². The second kappa shape index (κ2) is 8.86. The maximum Gasteiger partial charge on any atom is 0.277 e. The molecule has 2 bridgehead atoms. The van der Waals surface area contributed by atoms with Crippen molar-refractivity contribution in [3.63, 3.8) is 0 Å². The lowest BCUT2D eigenvalue weighted by Gasteiger charge is -2.46. The molecule has 0 radical (unpaired) electrons. The van der Waals surface area contributed by atoms with E-state index in [4.69, 9.17) is 3.63 Å². The molecule has 7 heteroatoms. The average molecular weight is 463 g/mol. The Kier molecular flexibility index (Phi) is 7.63. The number of fused-ring (bicyclic) bond motifs is 2. The maximum absolute atomic E-state index is 13.3. The van der Waals surface area contributed by atoms with Crippen LogP contribution in [0.2, 0.25) is 0 Å². The van der Waals surface area contributed by atoms with Gasteiger partial charge in [-0.2, -0.15) is 8.42 Å². The standard InChI is InChI=1S/C23H42O5S2/c1-8-9-10-11-12-19(24)16-29(7,21(2,3)4)28-30(26,27)17-23-14-13-18(15-20(23)25)22(23,5)6/h18H,8-17H2,1-7H3. The van der Waals surface area contributed by atoms with Gasteiger partial charge in [0.25, 0.3) is 10.1 Å². The third-order valence-corrected chi connectivity index (χ3v) is 14.2. The fourth-order valence-corrected chi connectivity index (χ4v) is 10.6. The zero-order chi connectivity index (χ0) is 23.0. The Labute approximate surface area is 185 Å². The minimum Gasteiger partial charge on any atom is -0.299 e. The number of rotatable bonds is 11. The number of hydrogen-bond acceptors (Lipinski definition) is 5. The van der Waals surface area contributed by atoms with Gasteiger partial charge in [-0.25, -0.2) is 3.63 Å². The van der Waals surface area contributed by atoms with Gasteiger partial charge in [0.15, 0.2) is 0 Å². The van der Waals surface area contributed by atoms with Crippen molar-refractivity contribution in [2.75, 3.05) is 17.8 Å². The van der Waals surface area contributed by atoms with E-state index in [0.717, 1.165) is 32.1 Å². The Balaban J connectivity index is 2.17. The van der Waals surface area contributed by atoms with Crippen LogP contribution >= 0.6 is 10.3 Å². The largest absolute Gasteiger partial charge is 0.299 e. The van der Waals surface area contributed by atoms with Crippen molar-refractivity contribution in [1.82, 2.24) is 0 Å². The van der Waals surface area contributed by atoms with Gasteiger partial charge in [-0.3, -0.25) is 9.59 Å². The molecule has 176 valence electrons. The van der Waals surface area contributed by atoms with Gasteiger partial charge in [-0.05, 0) is 36.9 Å². The van der Waals surface area contributed by atoms with Crippen LogP contribution in [-0.2, 0) is 23.3 Å². The number of hydrogen-bond donors (Lipinski definition) is 0. The molecule has 2 fully saturated rings. The normalized spacial score (nSPS) is 29.0. The molecule has 0 aromatic carbocycles. The third kappa shape index (κ3) is 4.98. The lowest BCUT2D eigenvalue weighted by Crippen LogP contribution is -2.43. The number of unbranched alkanes of at least 4 members (excludes halogenated alkanes) is 3. The van der Waals surface area contributed by atoms with Crippen LogP contribution in [0, 0.1) is 16.7 Å². The predicted octanol–water partition coefficient (Wildman–Crippen LogP) is 5.42. The molecule has 0 saturated heterocycles. The summed E-state index contributed by atoms with van der Waals surface area (Å²) >= 11 is 0. The van der Waals surface area contributed by atoms with Gasteiger partial charge in [0.05, 0.1) is 16.9 Å². The number of carbonyl (C=O) groups is 2. The summed E-state index contributed by atoms with van der Waals surface area (Å²) in [5, 5.41) is 0. The molecular formula is C23H42O5S2. The molecule has 0 spiro atoms. The first-order valence-corrected chi connectivity index (χ1v) is 15.1. The maximum atomic E-state index is 13.3. The van der Waals surface area contributed by atoms with Crippen LogP contribution in [0.3, 0.4) is 0 Å². The summed E-state index contributed by atoms with van der Waals surface area (Å²) in [4.78, 5) is 25.5. The zero-order valence-electron chi connectivity index (χ0n) is 20.0. The van der Waals surface area contributed by atoms with Crippen molar-refractivity contribution < 1.29 is 21.6 Å². The zero-order valence-corrected chi connectivity index (χ0v) is 21.6. The van der Waals surface area contributed by atoms with E-state index in [-0.39, 0.29) is 34.4 Å². The van der Waals surface area contributed by atoms with E-state index in [9.17, 15) is 18.0 Å². The second-order valence-electron chi connectivity index (χ2n) is 11.0. The van der Waals surface area contributed by atoms with Gasteiger partial charge in [-0.15, -0.1) is 10.3 Å². The van der Waals surface area contributed by atoms with Gasteiger partial charge >= 0.3 is 0 Å². The van der Waals surface area contributed by atoms with Crippen LogP contribution in [0.25, 0.3) is 0 Å². The second-order valence-corrected chi connectivity index (χ2v) is 16.5. The highest BCUT2D eigenvalue weighted by molar-refractivity contribution is 8.33. The monoisotopic (exact) mass is 462 g/mol. The third-order valence-electron chi connectivity index (χ3n) is 7.86. The molecule has 0 heterocycles. The van der Waals surface area contributed by atoms with E-state index in [0.29, 0.717) is 19.3 Å².